The highest BCUT2D eigenvalue weighted by Gasteiger charge is 2.30. The Morgan fingerprint density at radius 1 is 1.00 bits per heavy atom. The van der Waals surface area contributed by atoms with Crippen LogP contribution in [0.4, 0.5) is 10.7 Å². The van der Waals surface area contributed by atoms with Gasteiger partial charge in [-0.1, -0.05) is 82.8 Å². The summed E-state index contributed by atoms with van der Waals surface area (Å²) < 4.78 is 0. The second-order valence-corrected chi connectivity index (χ2v) is 14.3. The molecule has 0 bridgehead atoms. The number of rotatable bonds is 9. The van der Waals surface area contributed by atoms with Crippen LogP contribution in [0, 0.1) is 11.3 Å². The Kier molecular flexibility index (Phi) is 10.9. The van der Waals surface area contributed by atoms with E-state index in [1.54, 1.807) is 31.2 Å². The van der Waals surface area contributed by atoms with Crippen molar-refractivity contribution in [1.29, 1.82) is 5.26 Å². The second-order valence-electron chi connectivity index (χ2n) is 10.3. The lowest BCUT2D eigenvalue weighted by Gasteiger charge is -2.26. The van der Waals surface area contributed by atoms with Crippen molar-refractivity contribution in [2.75, 3.05) is 17.2 Å². The number of halogens is 4. The van der Waals surface area contributed by atoms with Gasteiger partial charge in [-0.15, -0.1) is 23.1 Å². The first-order valence-electron chi connectivity index (χ1n) is 13.8. The van der Waals surface area contributed by atoms with Crippen LogP contribution in [-0.4, -0.2) is 39.6 Å². The van der Waals surface area contributed by atoms with Crippen LogP contribution in [0.2, 0.25) is 20.1 Å². The summed E-state index contributed by atoms with van der Waals surface area (Å²) in [5.74, 6) is -2.64. The van der Waals surface area contributed by atoms with Crippen molar-refractivity contribution in [2.45, 2.75) is 36.6 Å². The number of anilines is 2. The van der Waals surface area contributed by atoms with E-state index >= 15 is 0 Å². The number of nitrogens with zero attached hydrogens (tertiary/aromatic N) is 2. The van der Waals surface area contributed by atoms with Gasteiger partial charge >= 0.3 is 5.97 Å². The van der Waals surface area contributed by atoms with E-state index in [1.165, 1.54) is 28.7 Å². The number of carbonyl (C=O) groups excluding carboxylic acids is 2. The summed E-state index contributed by atoms with van der Waals surface area (Å²) in [6.07, 6.45) is 0.730. The van der Waals surface area contributed by atoms with Gasteiger partial charge in [0.05, 0.1) is 42.0 Å². The third kappa shape index (κ3) is 7.32. The molecule has 14 heteroatoms. The number of carboxylic acids is 1. The summed E-state index contributed by atoms with van der Waals surface area (Å²) in [4.78, 5) is 42.4. The van der Waals surface area contributed by atoms with Crippen molar-refractivity contribution >= 4 is 98.0 Å². The highest BCUT2D eigenvalue weighted by Crippen LogP contribution is 2.42. The lowest BCUT2D eigenvalue weighted by atomic mass is 10.0. The number of thioether (sulfide) groups is 1. The van der Waals surface area contributed by atoms with Gasteiger partial charge in [-0.2, -0.15) is 5.26 Å². The molecule has 236 valence electrons. The summed E-state index contributed by atoms with van der Waals surface area (Å²) >= 11 is 27.0. The van der Waals surface area contributed by atoms with Crippen molar-refractivity contribution in [3.63, 3.8) is 0 Å². The molecule has 1 unspecified atom stereocenters. The maximum absolute atomic E-state index is 13.3. The smallest absolute Gasteiger partial charge is 0.338 e. The number of benzene rings is 3. The number of hydrogen-bond donors (Lipinski definition) is 3. The van der Waals surface area contributed by atoms with Crippen LogP contribution in [0.15, 0.2) is 59.5 Å². The van der Waals surface area contributed by atoms with E-state index in [1.807, 2.05) is 18.2 Å². The second kappa shape index (κ2) is 14.7. The molecule has 2 amide bonds. The quantitative estimate of drug-likeness (QED) is 0.0892. The normalized spacial score (nSPS) is 13.4. The summed E-state index contributed by atoms with van der Waals surface area (Å²) in [6.45, 7) is 4.07. The average Bonchev–Trinajstić information content (AvgIpc) is 3.37. The Labute approximate surface area is 293 Å². The first-order chi connectivity index (χ1) is 22.0. The molecule has 0 aliphatic carbocycles. The molecule has 1 aliphatic heterocycles. The molecular weight excluding hydrogens is 710 g/mol. The molecule has 1 atom stereocenters. The summed E-state index contributed by atoms with van der Waals surface area (Å²) in [7, 11) is 0. The fourth-order valence-corrected chi connectivity index (χ4v) is 8.19. The van der Waals surface area contributed by atoms with Gasteiger partial charge in [0.1, 0.15) is 11.1 Å². The number of hydrogen-bond acceptors (Lipinski definition) is 7. The van der Waals surface area contributed by atoms with E-state index in [0.29, 0.717) is 27.7 Å². The maximum atomic E-state index is 13.3. The van der Waals surface area contributed by atoms with E-state index in [9.17, 15) is 24.8 Å². The fraction of sp³-hybridized carbons (Fsp3) is 0.188. The Hall–Kier alpha value is -3.27. The molecule has 0 saturated heterocycles. The molecule has 3 N–H and O–H groups in total. The van der Waals surface area contributed by atoms with Gasteiger partial charge in [-0.25, -0.2) is 4.79 Å². The number of nitrogens with one attached hydrogen (secondary N) is 2. The Bertz CT molecular complexity index is 1900. The molecule has 0 fully saturated rings. The molecular formula is C32H24Cl4N4O4S2. The molecule has 1 aromatic heterocycles. The molecule has 2 heterocycles. The molecule has 4 aromatic rings. The SMILES string of the molecule is CC(Sc1cccc(NC(=O)c2c(Cl)c(Cl)c(Cl)c(Cl)c2C(=O)O)c1)C(=O)Nc1sc2c(c1C#N)CCN(Cc1ccccc1)C2. The standard InChI is InChI=1S/C32H24Cl4N4O4S2/c1-16(29(41)39-31-21(13-37)20-10-11-40(15-22(20)46-31)14-17-6-3-2-4-7-17)45-19-9-5-8-18(12-19)38-30(42)23-24(32(43)44)26(34)28(36)27(35)25(23)33/h2-9,12,16H,10-11,14-15H2,1H3,(H,38,42)(H,39,41)(H,43,44). The van der Waals surface area contributed by atoms with Crippen LogP contribution in [0.5, 0.6) is 0 Å². The van der Waals surface area contributed by atoms with Gasteiger partial charge in [-0.05, 0) is 42.7 Å². The van der Waals surface area contributed by atoms with Crippen LogP contribution in [-0.2, 0) is 24.3 Å². The topological polar surface area (TPSA) is 123 Å². The van der Waals surface area contributed by atoms with Crippen molar-refractivity contribution in [2.24, 2.45) is 0 Å². The number of carbonyl (C=O) groups is 3. The largest absolute Gasteiger partial charge is 0.478 e. The van der Waals surface area contributed by atoms with Gasteiger partial charge < -0.3 is 15.7 Å². The van der Waals surface area contributed by atoms with Crippen molar-refractivity contribution in [3.8, 4) is 6.07 Å². The monoisotopic (exact) mass is 732 g/mol. The van der Waals surface area contributed by atoms with E-state index in [2.05, 4.69) is 33.7 Å². The number of aromatic carboxylic acids is 1. The summed E-state index contributed by atoms with van der Waals surface area (Å²) in [6, 6.07) is 19.2. The van der Waals surface area contributed by atoms with Crippen LogP contribution in [0.25, 0.3) is 0 Å². The Morgan fingerprint density at radius 2 is 1.70 bits per heavy atom. The number of amides is 2. The first-order valence-corrected chi connectivity index (χ1v) is 17.0. The van der Waals surface area contributed by atoms with Crippen molar-refractivity contribution in [3.05, 3.63) is 107 Å². The minimum Gasteiger partial charge on any atom is -0.478 e. The molecule has 0 radical (unpaired) electrons. The molecule has 3 aromatic carbocycles. The lowest BCUT2D eigenvalue weighted by Crippen LogP contribution is -2.29. The Morgan fingerprint density at radius 3 is 2.37 bits per heavy atom. The molecule has 8 nitrogen and oxygen atoms in total. The first kappa shape index (κ1) is 34.1. The van der Waals surface area contributed by atoms with Gasteiger partial charge in [0.2, 0.25) is 5.91 Å². The summed E-state index contributed by atoms with van der Waals surface area (Å²) in [5.41, 5.74) is 2.02. The third-order valence-corrected chi connectivity index (χ3v) is 11.2. The van der Waals surface area contributed by atoms with Crippen LogP contribution >= 0.6 is 69.5 Å². The van der Waals surface area contributed by atoms with Crippen LogP contribution < -0.4 is 10.6 Å². The maximum Gasteiger partial charge on any atom is 0.338 e. The molecule has 5 rings (SSSR count). The number of thiophene rings is 1. The predicted octanol–water partition coefficient (Wildman–Crippen LogP) is 8.86. The van der Waals surface area contributed by atoms with Crippen LogP contribution in [0.3, 0.4) is 0 Å². The van der Waals surface area contributed by atoms with E-state index < -0.39 is 33.3 Å². The number of carboxylic acid groups (broad SMARTS) is 1. The highest BCUT2D eigenvalue weighted by molar-refractivity contribution is 8.00. The summed E-state index contributed by atoms with van der Waals surface area (Å²) in [5, 5.41) is 23.9. The zero-order valence-corrected chi connectivity index (χ0v) is 28.7. The minimum atomic E-state index is -1.50. The molecule has 46 heavy (non-hydrogen) atoms. The van der Waals surface area contributed by atoms with Gasteiger partial charge in [0.25, 0.3) is 5.91 Å². The minimum absolute atomic E-state index is 0.247. The highest BCUT2D eigenvalue weighted by atomic mass is 35.5. The lowest BCUT2D eigenvalue weighted by molar-refractivity contribution is -0.115. The van der Waals surface area contributed by atoms with Crippen LogP contribution in [0.1, 0.15) is 49.2 Å². The zero-order chi connectivity index (χ0) is 33.1. The van der Waals surface area contributed by atoms with Gasteiger partial charge in [0, 0.05) is 35.1 Å². The predicted molar refractivity (Wildman–Crippen MR) is 185 cm³/mol. The number of nitriles is 1. The van der Waals surface area contributed by atoms with E-state index in [0.717, 1.165) is 30.0 Å². The Balaban J connectivity index is 1.26. The van der Waals surface area contributed by atoms with Crippen molar-refractivity contribution in [1.82, 2.24) is 4.90 Å². The molecule has 0 saturated carbocycles. The molecule has 0 spiro atoms. The van der Waals surface area contributed by atoms with E-state index in [-0.39, 0.29) is 21.0 Å². The van der Waals surface area contributed by atoms with E-state index in [4.69, 9.17) is 46.4 Å². The third-order valence-electron chi connectivity index (χ3n) is 7.22. The number of fused-ring (bicyclic) bond motifs is 1. The van der Waals surface area contributed by atoms with Gasteiger partial charge in [0.15, 0.2) is 0 Å². The van der Waals surface area contributed by atoms with Crippen molar-refractivity contribution < 1.29 is 19.5 Å². The fourth-order valence-electron chi connectivity index (χ4n) is 5.00. The zero-order valence-electron chi connectivity index (χ0n) is 24.0. The molecule has 1 aliphatic rings. The average molecular weight is 735 g/mol. The van der Waals surface area contributed by atoms with Gasteiger partial charge in [-0.3, -0.25) is 14.5 Å².